The molecular weight excluding hydrogens is 264 g/mol. The minimum Gasteiger partial charge on any atom is -0.368 e. The summed E-state index contributed by atoms with van der Waals surface area (Å²) in [5, 5.41) is 4.26. The van der Waals surface area contributed by atoms with Crippen LogP contribution in [0.2, 0.25) is 0 Å². The summed E-state index contributed by atoms with van der Waals surface area (Å²) in [7, 11) is 0. The number of nitrogens with zero attached hydrogens (tertiary/aromatic N) is 3. The third-order valence-corrected chi connectivity index (χ3v) is 4.10. The molecule has 0 unspecified atom stereocenters. The Bertz CT molecular complexity index is 582. The smallest absolute Gasteiger partial charge is 0.239 e. The van der Waals surface area contributed by atoms with E-state index in [1.807, 2.05) is 47.3 Å². The lowest BCUT2D eigenvalue weighted by Gasteiger charge is -2.31. The van der Waals surface area contributed by atoms with Crippen molar-refractivity contribution in [2.24, 2.45) is 5.73 Å². The fourth-order valence-electron chi connectivity index (χ4n) is 3.17. The molecule has 1 saturated heterocycles. The number of carbonyl (C=O) groups is 1. The highest BCUT2D eigenvalue weighted by Gasteiger charge is 2.34. The Kier molecular flexibility index (Phi) is 4.01. The van der Waals surface area contributed by atoms with Crippen molar-refractivity contribution in [1.82, 2.24) is 14.7 Å². The summed E-state index contributed by atoms with van der Waals surface area (Å²) >= 11 is 0. The van der Waals surface area contributed by atoms with Crippen LogP contribution in [0.15, 0.2) is 48.8 Å². The summed E-state index contributed by atoms with van der Waals surface area (Å²) < 4.78 is 1.92. The van der Waals surface area contributed by atoms with E-state index >= 15 is 0 Å². The Morgan fingerprint density at radius 3 is 2.81 bits per heavy atom. The summed E-state index contributed by atoms with van der Waals surface area (Å²) in [5.41, 5.74) is 6.65. The maximum atomic E-state index is 12.0. The summed E-state index contributed by atoms with van der Waals surface area (Å²) in [6.07, 6.45) is 5.89. The van der Waals surface area contributed by atoms with Gasteiger partial charge in [-0.1, -0.05) is 30.3 Å². The van der Waals surface area contributed by atoms with Gasteiger partial charge in [0.1, 0.15) is 6.04 Å². The molecule has 1 amide bonds. The molecule has 5 heteroatoms. The predicted molar refractivity (Wildman–Crippen MR) is 80.3 cm³/mol. The number of aromatic nitrogens is 2. The molecule has 2 heterocycles. The van der Waals surface area contributed by atoms with E-state index in [2.05, 4.69) is 10.00 Å². The number of benzene rings is 1. The molecule has 1 aromatic carbocycles. The quantitative estimate of drug-likeness (QED) is 0.906. The van der Waals surface area contributed by atoms with Crippen LogP contribution in [-0.2, 0) is 11.3 Å². The van der Waals surface area contributed by atoms with Gasteiger partial charge in [-0.2, -0.15) is 5.10 Å². The number of nitrogens with two attached hydrogens (primary N) is 1. The highest BCUT2D eigenvalue weighted by Crippen LogP contribution is 2.30. The van der Waals surface area contributed by atoms with Gasteiger partial charge < -0.3 is 5.73 Å². The van der Waals surface area contributed by atoms with E-state index in [1.54, 1.807) is 6.20 Å². The van der Waals surface area contributed by atoms with E-state index in [4.69, 9.17) is 5.73 Å². The van der Waals surface area contributed by atoms with Gasteiger partial charge in [-0.3, -0.25) is 14.4 Å². The number of amides is 1. The molecule has 2 aromatic rings. The Hall–Kier alpha value is -2.14. The molecule has 21 heavy (non-hydrogen) atoms. The van der Waals surface area contributed by atoms with E-state index in [-0.39, 0.29) is 11.9 Å². The van der Waals surface area contributed by atoms with Gasteiger partial charge in [0.05, 0.1) is 6.54 Å². The molecule has 0 spiro atoms. The maximum absolute atomic E-state index is 12.0. The molecule has 0 saturated carbocycles. The first kappa shape index (κ1) is 13.8. The van der Waals surface area contributed by atoms with Crippen LogP contribution in [-0.4, -0.2) is 33.2 Å². The normalized spacial score (nSPS) is 20.5. The van der Waals surface area contributed by atoms with Crippen molar-refractivity contribution in [3.05, 3.63) is 54.4 Å². The first-order chi connectivity index (χ1) is 10.3. The molecule has 2 atom stereocenters. The van der Waals surface area contributed by atoms with Crippen molar-refractivity contribution in [2.75, 3.05) is 6.54 Å². The molecular formula is C16H20N4O. The van der Waals surface area contributed by atoms with Crippen molar-refractivity contribution < 1.29 is 4.79 Å². The number of rotatable bonds is 5. The number of primary amides is 1. The van der Waals surface area contributed by atoms with Crippen molar-refractivity contribution in [2.45, 2.75) is 31.5 Å². The molecule has 1 fully saturated rings. The average Bonchev–Trinajstić information content (AvgIpc) is 3.13. The topological polar surface area (TPSA) is 64.2 Å². The second kappa shape index (κ2) is 6.10. The van der Waals surface area contributed by atoms with Crippen LogP contribution < -0.4 is 5.73 Å². The Balaban J connectivity index is 1.83. The second-order valence-corrected chi connectivity index (χ2v) is 5.48. The molecule has 1 aliphatic rings. The SMILES string of the molecule is NC(=O)[C@H](c1ccccc1)N1CCC[C@H]1Cn1cccn1. The molecule has 0 radical (unpaired) electrons. The van der Waals surface area contributed by atoms with Crippen LogP contribution in [0.4, 0.5) is 0 Å². The van der Waals surface area contributed by atoms with Gasteiger partial charge in [0.25, 0.3) is 0 Å². The van der Waals surface area contributed by atoms with E-state index in [1.165, 1.54) is 0 Å². The third kappa shape index (κ3) is 2.97. The van der Waals surface area contributed by atoms with Gasteiger partial charge in [0, 0.05) is 18.4 Å². The number of hydrogen-bond donors (Lipinski definition) is 1. The lowest BCUT2D eigenvalue weighted by atomic mass is 10.0. The molecule has 2 N–H and O–H groups in total. The summed E-state index contributed by atoms with van der Waals surface area (Å²) in [6, 6.07) is 11.6. The lowest BCUT2D eigenvalue weighted by Crippen LogP contribution is -2.42. The van der Waals surface area contributed by atoms with E-state index in [0.29, 0.717) is 6.04 Å². The van der Waals surface area contributed by atoms with E-state index < -0.39 is 0 Å². The van der Waals surface area contributed by atoms with Gasteiger partial charge in [-0.05, 0) is 31.0 Å². The Morgan fingerprint density at radius 2 is 2.14 bits per heavy atom. The van der Waals surface area contributed by atoms with E-state index in [9.17, 15) is 4.79 Å². The molecule has 0 bridgehead atoms. The van der Waals surface area contributed by atoms with Crippen LogP contribution in [0.1, 0.15) is 24.4 Å². The molecule has 0 aliphatic carbocycles. The minimum absolute atomic E-state index is 0.284. The summed E-state index contributed by atoms with van der Waals surface area (Å²) in [4.78, 5) is 14.2. The lowest BCUT2D eigenvalue weighted by molar-refractivity contribution is -0.124. The number of hydrogen-bond acceptors (Lipinski definition) is 3. The zero-order chi connectivity index (χ0) is 14.7. The van der Waals surface area contributed by atoms with Gasteiger partial charge in [-0.25, -0.2) is 0 Å². The first-order valence-corrected chi connectivity index (χ1v) is 7.33. The largest absolute Gasteiger partial charge is 0.368 e. The highest BCUT2D eigenvalue weighted by molar-refractivity contribution is 5.81. The molecule has 110 valence electrons. The summed E-state index contributed by atoms with van der Waals surface area (Å²) in [5.74, 6) is -0.284. The highest BCUT2D eigenvalue weighted by atomic mass is 16.1. The van der Waals surface area contributed by atoms with Crippen molar-refractivity contribution >= 4 is 5.91 Å². The number of carbonyl (C=O) groups excluding carboxylic acids is 1. The second-order valence-electron chi connectivity index (χ2n) is 5.48. The van der Waals surface area contributed by atoms with Crippen molar-refractivity contribution in [3.8, 4) is 0 Å². The van der Waals surface area contributed by atoms with Crippen LogP contribution in [0.3, 0.4) is 0 Å². The molecule has 1 aliphatic heterocycles. The van der Waals surface area contributed by atoms with Gasteiger partial charge >= 0.3 is 0 Å². The molecule has 3 rings (SSSR count). The predicted octanol–water partition coefficient (Wildman–Crippen LogP) is 1.57. The van der Waals surface area contributed by atoms with Gasteiger partial charge in [-0.15, -0.1) is 0 Å². The van der Waals surface area contributed by atoms with Gasteiger partial charge in [0.15, 0.2) is 0 Å². The van der Waals surface area contributed by atoms with Crippen LogP contribution in [0.25, 0.3) is 0 Å². The fraction of sp³-hybridized carbons (Fsp3) is 0.375. The summed E-state index contributed by atoms with van der Waals surface area (Å²) in [6.45, 7) is 1.69. The van der Waals surface area contributed by atoms with Crippen molar-refractivity contribution in [3.63, 3.8) is 0 Å². The van der Waals surface area contributed by atoms with Crippen LogP contribution >= 0.6 is 0 Å². The van der Waals surface area contributed by atoms with Crippen LogP contribution in [0, 0.1) is 0 Å². The zero-order valence-electron chi connectivity index (χ0n) is 11.9. The Morgan fingerprint density at radius 1 is 1.33 bits per heavy atom. The third-order valence-electron chi connectivity index (χ3n) is 4.10. The standard InChI is InChI=1S/C16H20N4O/c17-16(21)15(13-6-2-1-3-7-13)20-11-4-8-14(20)12-19-10-5-9-18-19/h1-3,5-7,9-10,14-15H,4,8,11-12H2,(H2,17,21)/t14-,15-/m0/s1. The Labute approximate surface area is 124 Å². The van der Waals surface area contributed by atoms with Crippen molar-refractivity contribution in [1.29, 1.82) is 0 Å². The van der Waals surface area contributed by atoms with Gasteiger partial charge in [0.2, 0.25) is 5.91 Å². The average molecular weight is 284 g/mol. The van der Waals surface area contributed by atoms with E-state index in [0.717, 1.165) is 31.5 Å². The van der Waals surface area contributed by atoms with Crippen LogP contribution in [0.5, 0.6) is 0 Å². The molecule has 1 aromatic heterocycles. The minimum atomic E-state index is -0.353. The molecule has 5 nitrogen and oxygen atoms in total. The maximum Gasteiger partial charge on any atom is 0.239 e. The first-order valence-electron chi connectivity index (χ1n) is 7.33. The monoisotopic (exact) mass is 284 g/mol. The number of likely N-dealkylation sites (tertiary alicyclic amines) is 1. The zero-order valence-corrected chi connectivity index (χ0v) is 11.9. The fourth-order valence-corrected chi connectivity index (χ4v) is 3.17.